The van der Waals surface area contributed by atoms with Crippen LogP contribution in [-0.2, 0) is 0 Å². The summed E-state index contributed by atoms with van der Waals surface area (Å²) in [4.78, 5) is 0. The molecule has 3 aromatic rings. The quantitative estimate of drug-likeness (QED) is 0.779. The molecule has 3 rings (SSSR count). The van der Waals surface area contributed by atoms with Gasteiger partial charge in [-0.05, 0) is 25.1 Å². The zero-order chi connectivity index (χ0) is 13.4. The molecule has 0 bridgehead atoms. The maximum Gasteiger partial charge on any atom is 0.203 e. The van der Waals surface area contributed by atoms with Crippen LogP contribution in [0.1, 0.15) is 5.69 Å². The van der Waals surface area contributed by atoms with Crippen LogP contribution in [0.5, 0.6) is 0 Å². The number of nitrogens with zero attached hydrogens (tertiary/aromatic N) is 4. The second-order valence-electron chi connectivity index (χ2n) is 3.98. The summed E-state index contributed by atoms with van der Waals surface area (Å²) in [6.07, 6.45) is 1.68. The summed E-state index contributed by atoms with van der Waals surface area (Å²) in [7, 11) is 0. The summed E-state index contributed by atoms with van der Waals surface area (Å²) >= 11 is 1.29. The third-order valence-corrected chi connectivity index (χ3v) is 3.52. The molecule has 2 heterocycles. The normalized spacial score (nSPS) is 10.8. The molecule has 2 N–H and O–H groups in total. The van der Waals surface area contributed by atoms with Gasteiger partial charge in [0.15, 0.2) is 5.01 Å². The van der Waals surface area contributed by atoms with E-state index in [1.54, 1.807) is 23.0 Å². The van der Waals surface area contributed by atoms with E-state index >= 15 is 0 Å². The van der Waals surface area contributed by atoms with Gasteiger partial charge in [0.2, 0.25) is 5.13 Å². The minimum atomic E-state index is -0.297. The van der Waals surface area contributed by atoms with Crippen LogP contribution < -0.4 is 5.73 Å². The van der Waals surface area contributed by atoms with Gasteiger partial charge in [-0.15, -0.1) is 10.2 Å². The number of hydrogen-bond acceptors (Lipinski definition) is 5. The Morgan fingerprint density at radius 2 is 2.16 bits per heavy atom. The Morgan fingerprint density at radius 3 is 2.84 bits per heavy atom. The molecule has 0 spiro atoms. The molecule has 0 aliphatic rings. The first kappa shape index (κ1) is 11.8. The topological polar surface area (TPSA) is 69.6 Å². The first-order chi connectivity index (χ1) is 9.15. The van der Waals surface area contributed by atoms with Crippen molar-refractivity contribution in [2.45, 2.75) is 6.92 Å². The lowest BCUT2D eigenvalue weighted by Crippen LogP contribution is -1.99. The van der Waals surface area contributed by atoms with E-state index in [4.69, 9.17) is 5.73 Å². The molecule has 0 unspecified atom stereocenters. The van der Waals surface area contributed by atoms with Gasteiger partial charge in [0.1, 0.15) is 5.82 Å². The molecule has 2 aromatic heterocycles. The molecule has 7 heteroatoms. The highest BCUT2D eigenvalue weighted by atomic mass is 32.1. The minimum Gasteiger partial charge on any atom is -0.374 e. The lowest BCUT2D eigenvalue weighted by Gasteiger charge is -2.04. The van der Waals surface area contributed by atoms with Gasteiger partial charge in [-0.3, -0.25) is 0 Å². The number of hydrogen-bond donors (Lipinski definition) is 1. The predicted molar refractivity (Wildman–Crippen MR) is 71.6 cm³/mol. The molecule has 0 aliphatic heterocycles. The fourth-order valence-corrected chi connectivity index (χ4v) is 2.50. The van der Waals surface area contributed by atoms with E-state index in [-0.39, 0.29) is 5.82 Å². The number of aromatic nitrogens is 4. The lowest BCUT2D eigenvalue weighted by atomic mass is 10.2. The number of rotatable bonds is 2. The number of halogens is 1. The van der Waals surface area contributed by atoms with E-state index in [2.05, 4.69) is 15.3 Å². The van der Waals surface area contributed by atoms with Crippen molar-refractivity contribution in [3.8, 4) is 16.3 Å². The molecule has 96 valence electrons. The van der Waals surface area contributed by atoms with Crippen molar-refractivity contribution < 1.29 is 4.39 Å². The third kappa shape index (κ3) is 2.08. The monoisotopic (exact) mass is 275 g/mol. The molecule has 0 atom stereocenters. The summed E-state index contributed by atoms with van der Waals surface area (Å²) in [5.41, 5.74) is 7.95. The van der Waals surface area contributed by atoms with Crippen LogP contribution in [0.2, 0.25) is 0 Å². The summed E-state index contributed by atoms with van der Waals surface area (Å²) < 4.78 is 14.9. The van der Waals surface area contributed by atoms with Crippen molar-refractivity contribution in [1.82, 2.24) is 20.0 Å². The number of nitrogen functional groups attached to an aromatic ring is 1. The van der Waals surface area contributed by atoms with Crippen LogP contribution in [0.15, 0.2) is 30.5 Å². The van der Waals surface area contributed by atoms with E-state index in [0.29, 0.717) is 15.8 Å². The maximum atomic E-state index is 13.2. The van der Waals surface area contributed by atoms with Crippen molar-refractivity contribution in [3.63, 3.8) is 0 Å². The molecule has 0 saturated heterocycles. The Bertz CT molecular complexity index is 733. The van der Waals surface area contributed by atoms with Crippen molar-refractivity contribution in [2.75, 3.05) is 5.73 Å². The molecule has 19 heavy (non-hydrogen) atoms. The Kier molecular flexibility index (Phi) is 2.75. The van der Waals surface area contributed by atoms with Gasteiger partial charge < -0.3 is 5.73 Å². The molecular formula is C12H10FN5S. The fraction of sp³-hybridized carbons (Fsp3) is 0.0833. The van der Waals surface area contributed by atoms with E-state index in [9.17, 15) is 4.39 Å². The summed E-state index contributed by atoms with van der Waals surface area (Å²) in [5, 5.41) is 13.1. The minimum absolute atomic E-state index is 0.297. The van der Waals surface area contributed by atoms with Gasteiger partial charge in [-0.1, -0.05) is 17.4 Å². The molecular weight excluding hydrogens is 265 g/mol. The van der Waals surface area contributed by atoms with Crippen LogP contribution >= 0.6 is 11.3 Å². The molecule has 0 aliphatic carbocycles. The average Bonchev–Trinajstić information content (AvgIpc) is 2.95. The summed E-state index contributed by atoms with van der Waals surface area (Å²) in [5.74, 6) is -0.297. The molecule has 0 amide bonds. The van der Waals surface area contributed by atoms with E-state index < -0.39 is 0 Å². The lowest BCUT2D eigenvalue weighted by molar-refractivity contribution is 0.625. The second-order valence-corrected chi connectivity index (χ2v) is 4.99. The number of anilines is 1. The Morgan fingerprint density at radius 1 is 1.32 bits per heavy atom. The zero-order valence-electron chi connectivity index (χ0n) is 10.0. The molecule has 0 saturated carbocycles. The summed E-state index contributed by atoms with van der Waals surface area (Å²) in [6.45, 7) is 1.89. The summed E-state index contributed by atoms with van der Waals surface area (Å²) in [6, 6.07) is 6.27. The van der Waals surface area contributed by atoms with Crippen LogP contribution in [0.25, 0.3) is 16.3 Å². The van der Waals surface area contributed by atoms with Crippen molar-refractivity contribution >= 4 is 16.5 Å². The van der Waals surface area contributed by atoms with Crippen LogP contribution in [-0.4, -0.2) is 20.0 Å². The van der Waals surface area contributed by atoms with E-state index in [1.807, 2.05) is 6.92 Å². The van der Waals surface area contributed by atoms with Gasteiger partial charge in [0.05, 0.1) is 23.1 Å². The molecule has 5 nitrogen and oxygen atoms in total. The zero-order valence-corrected chi connectivity index (χ0v) is 10.9. The van der Waals surface area contributed by atoms with Crippen molar-refractivity contribution in [2.24, 2.45) is 0 Å². The predicted octanol–water partition coefficient (Wildman–Crippen LogP) is 2.42. The highest BCUT2D eigenvalue weighted by Gasteiger charge is 2.13. The number of benzene rings is 1. The van der Waals surface area contributed by atoms with E-state index in [1.165, 1.54) is 23.5 Å². The second kappa shape index (κ2) is 4.43. The van der Waals surface area contributed by atoms with Gasteiger partial charge in [-0.25, -0.2) is 9.07 Å². The van der Waals surface area contributed by atoms with Crippen LogP contribution in [0, 0.1) is 12.7 Å². The van der Waals surface area contributed by atoms with Gasteiger partial charge in [0, 0.05) is 0 Å². The van der Waals surface area contributed by atoms with Crippen LogP contribution in [0.4, 0.5) is 9.52 Å². The Balaban J connectivity index is 2.08. The standard InChI is InChI=1S/C12H10FN5S/c1-7-10(11-16-17-12(14)19-11)6-15-18(7)9-4-2-3-8(13)5-9/h2-6H,1H3,(H2,14,17). The Labute approximate surface area is 112 Å². The number of nitrogens with two attached hydrogens (primary N) is 1. The maximum absolute atomic E-state index is 13.2. The first-order valence-corrected chi connectivity index (χ1v) is 6.37. The highest BCUT2D eigenvalue weighted by Crippen LogP contribution is 2.28. The molecule has 0 radical (unpaired) electrons. The van der Waals surface area contributed by atoms with Gasteiger partial charge in [-0.2, -0.15) is 5.10 Å². The smallest absolute Gasteiger partial charge is 0.203 e. The first-order valence-electron chi connectivity index (χ1n) is 5.55. The van der Waals surface area contributed by atoms with E-state index in [0.717, 1.165) is 11.3 Å². The third-order valence-electron chi connectivity index (χ3n) is 2.73. The van der Waals surface area contributed by atoms with Crippen molar-refractivity contribution in [3.05, 3.63) is 42.0 Å². The highest BCUT2D eigenvalue weighted by molar-refractivity contribution is 7.18. The van der Waals surface area contributed by atoms with Crippen molar-refractivity contribution in [1.29, 1.82) is 0 Å². The van der Waals surface area contributed by atoms with Crippen LogP contribution in [0.3, 0.4) is 0 Å². The largest absolute Gasteiger partial charge is 0.374 e. The average molecular weight is 275 g/mol. The van der Waals surface area contributed by atoms with Gasteiger partial charge >= 0.3 is 0 Å². The molecule has 1 aromatic carbocycles. The Hall–Kier alpha value is -2.28. The fourth-order valence-electron chi connectivity index (χ4n) is 1.83. The van der Waals surface area contributed by atoms with Gasteiger partial charge in [0.25, 0.3) is 0 Å². The SMILES string of the molecule is Cc1c(-c2nnc(N)s2)cnn1-c1cccc(F)c1. The molecule has 0 fully saturated rings.